The summed E-state index contributed by atoms with van der Waals surface area (Å²) in [5, 5.41) is 0.891. The van der Waals surface area contributed by atoms with Crippen molar-refractivity contribution in [2.75, 3.05) is 6.61 Å². The van der Waals surface area contributed by atoms with Gasteiger partial charge in [-0.05, 0) is 25.1 Å². The number of ether oxygens (including phenoxy) is 2. The molecular weight excluding hydrogens is 275 g/mol. The van der Waals surface area contributed by atoms with Gasteiger partial charge in [0.2, 0.25) is 0 Å². The Hall–Kier alpha value is -0.930. The van der Waals surface area contributed by atoms with Gasteiger partial charge in [-0.2, -0.15) is 0 Å². The molecule has 0 aromatic heterocycles. The Morgan fingerprint density at radius 3 is 2.50 bits per heavy atom. The van der Waals surface area contributed by atoms with Gasteiger partial charge in [0, 0.05) is 10.9 Å². The van der Waals surface area contributed by atoms with Crippen molar-refractivity contribution in [3.63, 3.8) is 0 Å². The van der Waals surface area contributed by atoms with E-state index in [1.165, 1.54) is 0 Å². The molecule has 0 aliphatic carbocycles. The van der Waals surface area contributed by atoms with Crippen LogP contribution in [0.5, 0.6) is 5.75 Å². The summed E-state index contributed by atoms with van der Waals surface area (Å²) in [6.07, 6.45) is -0.677. The van der Waals surface area contributed by atoms with Crippen LogP contribution in [0.25, 0.3) is 0 Å². The number of halogens is 2. The summed E-state index contributed by atoms with van der Waals surface area (Å²) in [7, 11) is 0. The lowest BCUT2D eigenvalue weighted by Crippen LogP contribution is -2.34. The van der Waals surface area contributed by atoms with Crippen LogP contribution in [-0.4, -0.2) is 18.7 Å². The number of carbonyl (C=O) groups excluding carboxylic acids is 1. The molecule has 1 rings (SSSR count). The first-order valence-corrected chi connectivity index (χ1v) is 6.49. The summed E-state index contributed by atoms with van der Waals surface area (Å²) >= 11 is 11.8. The lowest BCUT2D eigenvalue weighted by Gasteiger charge is -2.21. The van der Waals surface area contributed by atoms with Crippen molar-refractivity contribution in [2.24, 2.45) is 5.92 Å². The monoisotopic (exact) mass is 290 g/mol. The molecule has 0 saturated carbocycles. The van der Waals surface area contributed by atoms with Crippen molar-refractivity contribution >= 4 is 29.2 Å². The fourth-order valence-corrected chi connectivity index (χ4v) is 1.84. The zero-order valence-electron chi connectivity index (χ0n) is 10.6. The largest absolute Gasteiger partial charge is 0.477 e. The van der Waals surface area contributed by atoms with Crippen molar-refractivity contribution in [1.29, 1.82) is 0 Å². The maximum Gasteiger partial charge on any atom is 0.347 e. The summed E-state index contributed by atoms with van der Waals surface area (Å²) in [6, 6.07) is 4.87. The predicted octanol–water partition coefficient (Wildman–Crippen LogP) is 3.96. The Morgan fingerprint density at radius 1 is 1.33 bits per heavy atom. The number of carbonyl (C=O) groups is 1. The molecule has 0 saturated heterocycles. The second-order valence-corrected chi connectivity index (χ2v) is 4.95. The lowest BCUT2D eigenvalue weighted by molar-refractivity contribution is -0.153. The molecule has 0 radical (unpaired) electrons. The smallest absolute Gasteiger partial charge is 0.347 e. The minimum atomic E-state index is -0.677. The summed E-state index contributed by atoms with van der Waals surface area (Å²) in [6.45, 7) is 5.83. The molecule has 0 N–H and O–H groups in total. The molecule has 100 valence electrons. The van der Waals surface area contributed by atoms with Crippen LogP contribution >= 0.6 is 23.2 Å². The lowest BCUT2D eigenvalue weighted by atomic mass is 10.1. The van der Waals surface area contributed by atoms with Crippen LogP contribution < -0.4 is 4.74 Å². The van der Waals surface area contributed by atoms with E-state index in [2.05, 4.69) is 0 Å². The van der Waals surface area contributed by atoms with E-state index >= 15 is 0 Å². The molecule has 0 amide bonds. The van der Waals surface area contributed by atoms with Gasteiger partial charge in [-0.25, -0.2) is 4.79 Å². The van der Waals surface area contributed by atoms with Crippen molar-refractivity contribution in [3.05, 3.63) is 28.2 Å². The van der Waals surface area contributed by atoms with Crippen molar-refractivity contribution in [1.82, 2.24) is 0 Å². The molecule has 5 heteroatoms. The molecule has 0 spiro atoms. The van der Waals surface area contributed by atoms with Gasteiger partial charge < -0.3 is 9.47 Å². The number of hydrogen-bond donors (Lipinski definition) is 0. The molecule has 3 nitrogen and oxygen atoms in total. The van der Waals surface area contributed by atoms with E-state index in [0.717, 1.165) is 0 Å². The predicted molar refractivity (Wildman–Crippen MR) is 72.3 cm³/mol. The first-order valence-electron chi connectivity index (χ1n) is 5.74. The molecule has 0 fully saturated rings. The molecule has 1 unspecified atom stereocenters. The number of hydrogen-bond acceptors (Lipinski definition) is 3. The van der Waals surface area contributed by atoms with Gasteiger partial charge in [0.05, 0.1) is 11.6 Å². The highest BCUT2D eigenvalue weighted by molar-refractivity contribution is 6.35. The van der Waals surface area contributed by atoms with E-state index in [1.807, 2.05) is 13.8 Å². The number of rotatable bonds is 5. The van der Waals surface area contributed by atoms with E-state index < -0.39 is 12.1 Å². The first kappa shape index (κ1) is 15.1. The quantitative estimate of drug-likeness (QED) is 0.770. The standard InChI is InChI=1S/C13H16Cl2O3/c1-4-17-13(16)12(8(2)3)18-11-6-5-9(14)7-10(11)15/h5-8,12H,4H2,1-3H3. The van der Waals surface area contributed by atoms with Gasteiger partial charge in [-0.15, -0.1) is 0 Å². The summed E-state index contributed by atoms with van der Waals surface area (Å²) < 4.78 is 10.6. The van der Waals surface area contributed by atoms with Gasteiger partial charge in [-0.3, -0.25) is 0 Å². The fourth-order valence-electron chi connectivity index (χ4n) is 1.39. The van der Waals surface area contributed by atoms with Gasteiger partial charge in [-0.1, -0.05) is 37.0 Å². The molecule has 0 aliphatic rings. The maximum atomic E-state index is 11.8. The summed E-state index contributed by atoms with van der Waals surface area (Å²) in [5.41, 5.74) is 0. The van der Waals surface area contributed by atoms with Gasteiger partial charge >= 0.3 is 5.97 Å². The Morgan fingerprint density at radius 2 is 2.00 bits per heavy atom. The van der Waals surface area contributed by atoms with E-state index in [9.17, 15) is 4.79 Å². The molecule has 0 bridgehead atoms. The van der Waals surface area contributed by atoms with Crippen molar-refractivity contribution < 1.29 is 14.3 Å². The molecule has 1 aromatic rings. The number of esters is 1. The van der Waals surface area contributed by atoms with E-state index in [4.69, 9.17) is 32.7 Å². The molecule has 0 aliphatic heterocycles. The van der Waals surface area contributed by atoms with Crippen molar-refractivity contribution in [2.45, 2.75) is 26.9 Å². The molecular formula is C13H16Cl2O3. The van der Waals surface area contributed by atoms with Crippen LogP contribution in [0.3, 0.4) is 0 Å². The third kappa shape index (κ3) is 4.07. The average Bonchev–Trinajstić information content (AvgIpc) is 2.27. The van der Waals surface area contributed by atoms with Gasteiger partial charge in [0.15, 0.2) is 6.10 Å². The van der Waals surface area contributed by atoms with Crippen molar-refractivity contribution in [3.8, 4) is 5.75 Å². The Balaban J connectivity index is 2.86. The highest BCUT2D eigenvalue weighted by Crippen LogP contribution is 2.29. The highest BCUT2D eigenvalue weighted by atomic mass is 35.5. The third-order valence-corrected chi connectivity index (χ3v) is 2.80. The average molecular weight is 291 g/mol. The first-order chi connectivity index (χ1) is 8.45. The van der Waals surface area contributed by atoms with E-state index in [0.29, 0.717) is 22.4 Å². The molecule has 1 atom stereocenters. The zero-order valence-corrected chi connectivity index (χ0v) is 12.1. The van der Waals surface area contributed by atoms with Gasteiger partial charge in [0.1, 0.15) is 5.75 Å². The normalized spacial score (nSPS) is 12.3. The Bertz CT molecular complexity index is 419. The van der Waals surface area contributed by atoms with Crippen LogP contribution in [0.4, 0.5) is 0 Å². The van der Waals surface area contributed by atoms with Crippen LogP contribution in [0, 0.1) is 5.92 Å². The Kier molecular flexibility index (Phi) is 5.76. The summed E-state index contributed by atoms with van der Waals surface area (Å²) in [4.78, 5) is 11.8. The zero-order chi connectivity index (χ0) is 13.7. The SMILES string of the molecule is CCOC(=O)C(Oc1ccc(Cl)cc1Cl)C(C)C. The number of benzene rings is 1. The van der Waals surface area contributed by atoms with Crippen LogP contribution in [-0.2, 0) is 9.53 Å². The third-order valence-electron chi connectivity index (χ3n) is 2.27. The van der Waals surface area contributed by atoms with E-state index in [-0.39, 0.29) is 5.92 Å². The molecule has 18 heavy (non-hydrogen) atoms. The van der Waals surface area contributed by atoms with Gasteiger partial charge in [0.25, 0.3) is 0 Å². The second-order valence-electron chi connectivity index (χ2n) is 4.11. The summed E-state index contributed by atoms with van der Waals surface area (Å²) in [5.74, 6) is 0.0159. The van der Waals surface area contributed by atoms with Crippen LogP contribution in [0.2, 0.25) is 10.0 Å². The highest BCUT2D eigenvalue weighted by Gasteiger charge is 2.26. The second kappa shape index (κ2) is 6.86. The van der Waals surface area contributed by atoms with E-state index in [1.54, 1.807) is 25.1 Å². The Labute approximate surface area is 117 Å². The molecule has 1 aromatic carbocycles. The van der Waals surface area contributed by atoms with Crippen LogP contribution in [0.15, 0.2) is 18.2 Å². The topological polar surface area (TPSA) is 35.5 Å². The van der Waals surface area contributed by atoms with Crippen LogP contribution in [0.1, 0.15) is 20.8 Å². The minimum Gasteiger partial charge on any atom is -0.477 e. The minimum absolute atomic E-state index is 0.0178. The maximum absolute atomic E-state index is 11.8. The molecule has 0 heterocycles. The fraction of sp³-hybridized carbons (Fsp3) is 0.462.